The minimum Gasteiger partial charge on any atom is -0.334 e. The van der Waals surface area contributed by atoms with Crippen LogP contribution in [0.1, 0.15) is 16.2 Å². The summed E-state index contributed by atoms with van der Waals surface area (Å²) in [5.41, 5.74) is 0.603. The average Bonchev–Trinajstić information content (AvgIpc) is 2.84. The largest absolute Gasteiger partial charge is 0.334 e. The lowest BCUT2D eigenvalue weighted by Crippen LogP contribution is -2.27. The Morgan fingerprint density at radius 1 is 1.44 bits per heavy atom. The molecule has 5 nitrogen and oxygen atoms in total. The number of benzene rings is 1. The molecule has 0 aliphatic carbocycles. The SMILES string of the molecule is CN(Cc1ncn[nH]1)C(=O)c1cc(Br)ccc1Br. The number of carbonyl (C=O) groups excluding carboxylic acids is 1. The number of hydrogen-bond acceptors (Lipinski definition) is 3. The molecule has 0 bridgehead atoms. The monoisotopic (exact) mass is 372 g/mol. The first kappa shape index (κ1) is 13.2. The fourth-order valence-corrected chi connectivity index (χ4v) is 2.25. The highest BCUT2D eigenvalue weighted by atomic mass is 79.9. The number of nitrogens with one attached hydrogen (secondary N) is 1. The molecular formula is C11H10Br2N4O. The summed E-state index contributed by atoms with van der Waals surface area (Å²) in [4.78, 5) is 17.8. The smallest absolute Gasteiger partial charge is 0.255 e. The van der Waals surface area contributed by atoms with Crippen LogP contribution >= 0.6 is 31.9 Å². The zero-order valence-corrected chi connectivity index (χ0v) is 12.7. The molecule has 0 radical (unpaired) electrons. The predicted molar refractivity (Wildman–Crippen MR) is 74.0 cm³/mol. The summed E-state index contributed by atoms with van der Waals surface area (Å²) in [5.74, 6) is 0.566. The highest BCUT2D eigenvalue weighted by Gasteiger charge is 2.16. The summed E-state index contributed by atoms with van der Waals surface area (Å²) in [6.45, 7) is 0.387. The van der Waals surface area contributed by atoms with Gasteiger partial charge in [0.15, 0.2) is 0 Å². The third-order valence-corrected chi connectivity index (χ3v) is 3.54. The van der Waals surface area contributed by atoms with Gasteiger partial charge in [-0.15, -0.1) is 0 Å². The highest BCUT2D eigenvalue weighted by Crippen LogP contribution is 2.22. The van der Waals surface area contributed by atoms with Crippen LogP contribution in [-0.4, -0.2) is 33.0 Å². The summed E-state index contributed by atoms with van der Waals surface area (Å²) in [5, 5.41) is 6.47. The van der Waals surface area contributed by atoms with Gasteiger partial charge in [0, 0.05) is 16.0 Å². The molecule has 0 unspecified atom stereocenters. The fraction of sp³-hybridized carbons (Fsp3) is 0.182. The molecule has 0 fully saturated rings. The Morgan fingerprint density at radius 3 is 2.89 bits per heavy atom. The molecule has 0 atom stereocenters. The Balaban J connectivity index is 2.17. The Labute approximate surface area is 121 Å². The van der Waals surface area contributed by atoms with Crippen molar-refractivity contribution in [3.8, 4) is 0 Å². The highest BCUT2D eigenvalue weighted by molar-refractivity contribution is 9.11. The van der Waals surface area contributed by atoms with Gasteiger partial charge in [0.1, 0.15) is 12.2 Å². The standard InChI is InChI=1S/C11H10Br2N4O/c1-17(5-10-14-6-15-16-10)11(18)8-4-7(12)2-3-9(8)13/h2-4,6H,5H2,1H3,(H,14,15,16). The van der Waals surface area contributed by atoms with Crippen LogP contribution < -0.4 is 0 Å². The normalized spacial score (nSPS) is 10.4. The lowest BCUT2D eigenvalue weighted by Gasteiger charge is -2.16. The second-order valence-electron chi connectivity index (χ2n) is 3.72. The van der Waals surface area contributed by atoms with E-state index < -0.39 is 0 Å². The zero-order valence-electron chi connectivity index (χ0n) is 9.52. The van der Waals surface area contributed by atoms with Crippen molar-refractivity contribution in [1.29, 1.82) is 0 Å². The molecule has 1 N–H and O–H groups in total. The van der Waals surface area contributed by atoms with Crippen LogP contribution in [0, 0.1) is 0 Å². The van der Waals surface area contributed by atoms with E-state index in [1.807, 2.05) is 12.1 Å². The predicted octanol–water partition coefficient (Wildman–Crippen LogP) is 2.60. The van der Waals surface area contributed by atoms with Crippen molar-refractivity contribution in [3.63, 3.8) is 0 Å². The maximum atomic E-state index is 12.3. The van der Waals surface area contributed by atoms with E-state index in [0.29, 0.717) is 17.9 Å². The first-order valence-corrected chi connectivity index (χ1v) is 6.71. The van der Waals surface area contributed by atoms with Crippen molar-refractivity contribution >= 4 is 37.8 Å². The molecule has 94 valence electrons. The Bertz CT molecular complexity index is 556. The summed E-state index contributed by atoms with van der Waals surface area (Å²) in [6.07, 6.45) is 1.42. The van der Waals surface area contributed by atoms with Crippen LogP contribution in [-0.2, 0) is 6.54 Å². The number of halogens is 2. The maximum absolute atomic E-state index is 12.3. The van der Waals surface area contributed by atoms with E-state index in [1.165, 1.54) is 6.33 Å². The second-order valence-corrected chi connectivity index (χ2v) is 5.49. The van der Waals surface area contributed by atoms with Gasteiger partial charge in [-0.2, -0.15) is 5.10 Å². The molecule has 18 heavy (non-hydrogen) atoms. The molecule has 1 amide bonds. The number of carbonyl (C=O) groups is 1. The van der Waals surface area contributed by atoms with Crippen molar-refractivity contribution < 1.29 is 4.79 Å². The molecule has 7 heteroatoms. The van der Waals surface area contributed by atoms with Gasteiger partial charge in [-0.3, -0.25) is 9.89 Å². The van der Waals surface area contributed by atoms with Crippen LogP contribution in [0.2, 0.25) is 0 Å². The van der Waals surface area contributed by atoms with Gasteiger partial charge in [-0.1, -0.05) is 15.9 Å². The van der Waals surface area contributed by atoms with E-state index in [1.54, 1.807) is 18.0 Å². The third-order valence-electron chi connectivity index (χ3n) is 2.36. The number of H-pyrrole nitrogens is 1. The van der Waals surface area contributed by atoms with Gasteiger partial charge in [0.05, 0.1) is 12.1 Å². The maximum Gasteiger partial charge on any atom is 0.255 e. The van der Waals surface area contributed by atoms with Crippen molar-refractivity contribution in [2.24, 2.45) is 0 Å². The van der Waals surface area contributed by atoms with E-state index >= 15 is 0 Å². The van der Waals surface area contributed by atoms with E-state index in [9.17, 15) is 4.79 Å². The molecule has 0 saturated carbocycles. The molecule has 1 aromatic carbocycles. The van der Waals surface area contributed by atoms with Crippen molar-refractivity contribution in [1.82, 2.24) is 20.1 Å². The number of rotatable bonds is 3. The van der Waals surface area contributed by atoms with Crippen LogP contribution in [0.25, 0.3) is 0 Å². The fourth-order valence-electron chi connectivity index (χ4n) is 1.47. The molecule has 1 aromatic heterocycles. The number of aromatic nitrogens is 3. The Hall–Kier alpha value is -1.21. The van der Waals surface area contributed by atoms with Crippen molar-refractivity contribution in [3.05, 3.63) is 44.9 Å². The number of hydrogen-bond donors (Lipinski definition) is 1. The number of nitrogens with zero attached hydrogens (tertiary/aromatic N) is 3. The van der Waals surface area contributed by atoms with Gasteiger partial charge in [-0.05, 0) is 34.1 Å². The van der Waals surface area contributed by atoms with Crippen LogP contribution in [0.5, 0.6) is 0 Å². The third kappa shape index (κ3) is 2.97. The van der Waals surface area contributed by atoms with Gasteiger partial charge in [0.25, 0.3) is 5.91 Å². The Morgan fingerprint density at radius 2 is 2.22 bits per heavy atom. The van der Waals surface area contributed by atoms with E-state index in [-0.39, 0.29) is 5.91 Å². The van der Waals surface area contributed by atoms with Crippen molar-refractivity contribution in [2.75, 3.05) is 7.05 Å². The molecule has 0 aliphatic rings. The minimum absolute atomic E-state index is 0.0837. The van der Waals surface area contributed by atoms with Gasteiger partial charge >= 0.3 is 0 Å². The van der Waals surface area contributed by atoms with Crippen molar-refractivity contribution in [2.45, 2.75) is 6.54 Å². The molecule has 0 aliphatic heterocycles. The summed E-state index contributed by atoms with van der Waals surface area (Å²) >= 11 is 6.73. The zero-order chi connectivity index (χ0) is 13.1. The lowest BCUT2D eigenvalue weighted by molar-refractivity contribution is 0.0780. The summed E-state index contributed by atoms with van der Waals surface area (Å²) in [7, 11) is 1.72. The molecule has 0 saturated heterocycles. The molecule has 0 spiro atoms. The van der Waals surface area contributed by atoms with E-state index in [2.05, 4.69) is 47.0 Å². The lowest BCUT2D eigenvalue weighted by atomic mass is 10.2. The topological polar surface area (TPSA) is 61.9 Å². The quantitative estimate of drug-likeness (QED) is 0.899. The number of amides is 1. The van der Waals surface area contributed by atoms with E-state index in [0.717, 1.165) is 8.95 Å². The summed E-state index contributed by atoms with van der Waals surface area (Å²) in [6, 6.07) is 5.49. The Kier molecular flexibility index (Phi) is 4.13. The van der Waals surface area contributed by atoms with Crippen LogP contribution in [0.3, 0.4) is 0 Å². The molecule has 1 heterocycles. The van der Waals surface area contributed by atoms with Crippen LogP contribution in [0.4, 0.5) is 0 Å². The number of aromatic amines is 1. The van der Waals surface area contributed by atoms with E-state index in [4.69, 9.17) is 0 Å². The molecule has 2 rings (SSSR count). The van der Waals surface area contributed by atoms with Gasteiger partial charge < -0.3 is 4.90 Å². The first-order valence-electron chi connectivity index (χ1n) is 5.12. The minimum atomic E-state index is -0.0837. The summed E-state index contributed by atoms with van der Waals surface area (Å²) < 4.78 is 1.63. The first-order chi connectivity index (χ1) is 8.58. The average molecular weight is 374 g/mol. The van der Waals surface area contributed by atoms with Gasteiger partial charge in [-0.25, -0.2) is 4.98 Å². The van der Waals surface area contributed by atoms with Crippen LogP contribution in [0.15, 0.2) is 33.5 Å². The molecular weight excluding hydrogens is 364 g/mol. The second kappa shape index (κ2) is 5.62. The molecule has 2 aromatic rings. The van der Waals surface area contributed by atoms with Gasteiger partial charge in [0.2, 0.25) is 0 Å².